The first-order valence-electron chi connectivity index (χ1n) is 5.30. The predicted molar refractivity (Wildman–Crippen MR) is 66.7 cm³/mol. The average molecular weight is 284 g/mol. The number of benzene rings is 1. The van der Waals surface area contributed by atoms with Crippen LogP contribution in [0.15, 0.2) is 22.7 Å². The summed E-state index contributed by atoms with van der Waals surface area (Å²) in [5.41, 5.74) is 2.25. The van der Waals surface area contributed by atoms with Crippen molar-refractivity contribution in [2.45, 2.75) is 12.8 Å². The van der Waals surface area contributed by atoms with Crippen LogP contribution in [0.1, 0.15) is 12.0 Å². The van der Waals surface area contributed by atoms with Crippen LogP contribution in [0.4, 0.5) is 5.69 Å². The lowest BCUT2D eigenvalue weighted by atomic mass is 10.0. The van der Waals surface area contributed by atoms with E-state index in [-0.39, 0.29) is 5.91 Å². The molecule has 0 saturated carbocycles. The molecule has 4 heteroatoms. The normalized spacial score (nSPS) is 15.1. The van der Waals surface area contributed by atoms with Crippen LogP contribution in [-0.4, -0.2) is 26.2 Å². The molecule has 2 rings (SSSR count). The van der Waals surface area contributed by atoms with Crippen molar-refractivity contribution >= 4 is 27.5 Å². The van der Waals surface area contributed by atoms with E-state index in [1.54, 1.807) is 7.11 Å². The second kappa shape index (κ2) is 4.97. The van der Waals surface area contributed by atoms with Gasteiger partial charge in [0.2, 0.25) is 5.91 Å². The topological polar surface area (TPSA) is 29.5 Å². The number of nitrogens with zero attached hydrogens (tertiary/aromatic N) is 1. The van der Waals surface area contributed by atoms with Crippen LogP contribution in [0.25, 0.3) is 0 Å². The number of carbonyl (C=O) groups excluding carboxylic acids is 1. The summed E-state index contributed by atoms with van der Waals surface area (Å²) in [7, 11) is 1.65. The van der Waals surface area contributed by atoms with E-state index in [4.69, 9.17) is 4.74 Å². The zero-order valence-electron chi connectivity index (χ0n) is 9.20. The van der Waals surface area contributed by atoms with Crippen LogP contribution in [0, 0.1) is 0 Å². The number of halogens is 1. The van der Waals surface area contributed by atoms with Crippen molar-refractivity contribution < 1.29 is 9.53 Å². The van der Waals surface area contributed by atoms with Gasteiger partial charge in [-0.05, 0) is 30.2 Å². The molecular weight excluding hydrogens is 270 g/mol. The zero-order chi connectivity index (χ0) is 11.5. The number of hydrogen-bond donors (Lipinski definition) is 0. The van der Waals surface area contributed by atoms with Gasteiger partial charge in [0.1, 0.15) is 0 Å². The SMILES string of the molecule is COCCN1C(=O)CCc2cc(Br)ccc21. The van der Waals surface area contributed by atoms with Gasteiger partial charge in [0.25, 0.3) is 0 Å². The summed E-state index contributed by atoms with van der Waals surface area (Å²) in [5, 5.41) is 0. The average Bonchev–Trinajstić information content (AvgIpc) is 2.28. The summed E-state index contributed by atoms with van der Waals surface area (Å²) in [5.74, 6) is 0.187. The summed E-state index contributed by atoms with van der Waals surface area (Å²) in [6.45, 7) is 1.20. The molecule has 1 amide bonds. The largest absolute Gasteiger partial charge is 0.383 e. The number of aryl methyl sites for hydroxylation is 1. The first-order chi connectivity index (χ1) is 7.72. The molecule has 1 aliphatic rings. The van der Waals surface area contributed by atoms with E-state index in [0.717, 1.165) is 16.6 Å². The van der Waals surface area contributed by atoms with E-state index in [9.17, 15) is 4.79 Å². The molecule has 0 atom stereocenters. The maximum Gasteiger partial charge on any atom is 0.227 e. The van der Waals surface area contributed by atoms with Crippen LogP contribution in [0.5, 0.6) is 0 Å². The summed E-state index contributed by atoms with van der Waals surface area (Å²) in [6, 6.07) is 6.05. The molecule has 16 heavy (non-hydrogen) atoms. The van der Waals surface area contributed by atoms with Gasteiger partial charge in [-0.3, -0.25) is 4.79 Å². The third kappa shape index (κ3) is 2.28. The molecule has 1 heterocycles. The van der Waals surface area contributed by atoms with Gasteiger partial charge in [0.05, 0.1) is 6.61 Å². The Kier molecular flexibility index (Phi) is 3.61. The monoisotopic (exact) mass is 283 g/mol. The Morgan fingerprint density at radius 1 is 1.44 bits per heavy atom. The molecule has 1 aromatic rings. The lowest BCUT2D eigenvalue weighted by Gasteiger charge is -2.29. The molecule has 0 bridgehead atoms. The van der Waals surface area contributed by atoms with Gasteiger partial charge in [0, 0.05) is 30.2 Å². The fourth-order valence-electron chi connectivity index (χ4n) is 1.96. The molecule has 0 aliphatic carbocycles. The zero-order valence-corrected chi connectivity index (χ0v) is 10.8. The number of carbonyl (C=O) groups is 1. The number of fused-ring (bicyclic) bond motifs is 1. The number of hydrogen-bond acceptors (Lipinski definition) is 2. The molecule has 0 fully saturated rings. The van der Waals surface area contributed by atoms with E-state index in [0.29, 0.717) is 19.6 Å². The molecule has 0 N–H and O–H groups in total. The van der Waals surface area contributed by atoms with Crippen molar-refractivity contribution in [3.63, 3.8) is 0 Å². The van der Waals surface area contributed by atoms with Gasteiger partial charge in [-0.25, -0.2) is 0 Å². The Hall–Kier alpha value is -0.870. The maximum absolute atomic E-state index is 11.8. The second-order valence-electron chi connectivity index (χ2n) is 3.81. The molecule has 0 saturated heterocycles. The fourth-order valence-corrected chi connectivity index (χ4v) is 2.36. The Morgan fingerprint density at radius 2 is 2.25 bits per heavy atom. The number of rotatable bonds is 3. The third-order valence-corrected chi connectivity index (χ3v) is 3.25. The molecular formula is C12H14BrNO2. The predicted octanol–water partition coefficient (Wildman–Crippen LogP) is 2.37. The highest BCUT2D eigenvalue weighted by atomic mass is 79.9. The Morgan fingerprint density at radius 3 is 3.00 bits per heavy atom. The van der Waals surface area contributed by atoms with Crippen molar-refractivity contribution in [2.75, 3.05) is 25.2 Å². The van der Waals surface area contributed by atoms with Crippen molar-refractivity contribution in [2.24, 2.45) is 0 Å². The van der Waals surface area contributed by atoms with Gasteiger partial charge in [0.15, 0.2) is 0 Å². The number of ether oxygens (including phenoxy) is 1. The maximum atomic E-state index is 11.8. The second-order valence-corrected chi connectivity index (χ2v) is 4.73. The lowest BCUT2D eigenvalue weighted by molar-refractivity contribution is -0.119. The van der Waals surface area contributed by atoms with Crippen LogP contribution in [-0.2, 0) is 16.0 Å². The highest BCUT2D eigenvalue weighted by Crippen LogP contribution is 2.30. The fraction of sp³-hybridized carbons (Fsp3) is 0.417. The minimum atomic E-state index is 0.187. The molecule has 1 aliphatic heterocycles. The Labute approximate surface area is 104 Å². The van der Waals surface area contributed by atoms with E-state index in [2.05, 4.69) is 22.0 Å². The molecule has 0 aromatic heterocycles. The quantitative estimate of drug-likeness (QED) is 0.853. The van der Waals surface area contributed by atoms with Crippen molar-refractivity contribution in [3.8, 4) is 0 Å². The molecule has 0 unspecified atom stereocenters. The minimum Gasteiger partial charge on any atom is -0.383 e. The number of amides is 1. The summed E-state index contributed by atoms with van der Waals surface area (Å²) >= 11 is 3.45. The molecule has 3 nitrogen and oxygen atoms in total. The van der Waals surface area contributed by atoms with Gasteiger partial charge < -0.3 is 9.64 Å². The van der Waals surface area contributed by atoms with E-state index in [1.807, 2.05) is 17.0 Å². The Bertz CT molecular complexity index is 406. The van der Waals surface area contributed by atoms with Gasteiger partial charge in [-0.15, -0.1) is 0 Å². The first-order valence-corrected chi connectivity index (χ1v) is 6.09. The summed E-state index contributed by atoms with van der Waals surface area (Å²) in [6.07, 6.45) is 1.42. The van der Waals surface area contributed by atoms with Crippen LogP contribution < -0.4 is 4.90 Å². The van der Waals surface area contributed by atoms with E-state index >= 15 is 0 Å². The summed E-state index contributed by atoms with van der Waals surface area (Å²) in [4.78, 5) is 13.6. The van der Waals surface area contributed by atoms with Crippen LogP contribution in [0.3, 0.4) is 0 Å². The van der Waals surface area contributed by atoms with Gasteiger partial charge >= 0.3 is 0 Å². The van der Waals surface area contributed by atoms with Crippen molar-refractivity contribution in [1.82, 2.24) is 0 Å². The van der Waals surface area contributed by atoms with E-state index < -0.39 is 0 Å². The third-order valence-electron chi connectivity index (χ3n) is 2.76. The molecule has 1 aromatic carbocycles. The van der Waals surface area contributed by atoms with E-state index in [1.165, 1.54) is 5.56 Å². The minimum absolute atomic E-state index is 0.187. The van der Waals surface area contributed by atoms with Gasteiger partial charge in [-0.1, -0.05) is 15.9 Å². The molecule has 0 radical (unpaired) electrons. The highest BCUT2D eigenvalue weighted by Gasteiger charge is 2.23. The Balaban J connectivity index is 2.29. The smallest absolute Gasteiger partial charge is 0.227 e. The van der Waals surface area contributed by atoms with Crippen LogP contribution in [0.2, 0.25) is 0 Å². The van der Waals surface area contributed by atoms with Crippen LogP contribution >= 0.6 is 15.9 Å². The van der Waals surface area contributed by atoms with Gasteiger partial charge in [-0.2, -0.15) is 0 Å². The highest BCUT2D eigenvalue weighted by molar-refractivity contribution is 9.10. The molecule has 86 valence electrons. The summed E-state index contributed by atoms with van der Waals surface area (Å²) < 4.78 is 6.09. The number of methoxy groups -OCH3 is 1. The first kappa shape index (κ1) is 11.6. The van der Waals surface area contributed by atoms with Crippen molar-refractivity contribution in [1.29, 1.82) is 0 Å². The number of anilines is 1. The van der Waals surface area contributed by atoms with Crippen molar-refractivity contribution in [3.05, 3.63) is 28.2 Å². The molecule has 0 spiro atoms. The standard InChI is InChI=1S/C12H14BrNO2/c1-16-7-6-14-11-4-3-10(13)8-9(11)2-5-12(14)15/h3-4,8H,2,5-7H2,1H3. The lowest BCUT2D eigenvalue weighted by Crippen LogP contribution is -2.37.